The maximum Gasteiger partial charge on any atom is 0.273 e. The first-order valence-corrected chi connectivity index (χ1v) is 11.4. The fourth-order valence-electron chi connectivity index (χ4n) is 5.14. The van der Waals surface area contributed by atoms with Crippen LogP contribution in [0.25, 0.3) is 11.3 Å². The number of likely N-dealkylation sites (tertiary alicyclic amines) is 1. The summed E-state index contributed by atoms with van der Waals surface area (Å²) in [5.74, 6) is -1.75. The van der Waals surface area contributed by atoms with Crippen LogP contribution in [0, 0.1) is 23.5 Å². The summed E-state index contributed by atoms with van der Waals surface area (Å²) in [6.45, 7) is 3.67. The number of halogens is 2. The Hall–Kier alpha value is -2.81. The molecule has 1 aliphatic carbocycles. The predicted molar refractivity (Wildman–Crippen MR) is 118 cm³/mol. The Balaban J connectivity index is 1.48. The Labute approximate surface area is 192 Å². The monoisotopic (exact) mass is 460 g/mol. The average molecular weight is 461 g/mol. The molecule has 1 aliphatic heterocycles. The van der Waals surface area contributed by atoms with E-state index in [0.29, 0.717) is 24.9 Å². The molecular weight excluding hydrogens is 430 g/mol. The topological polar surface area (TPSA) is 78.7 Å². The molecule has 4 rings (SSSR count). The molecule has 7 nitrogen and oxygen atoms in total. The van der Waals surface area contributed by atoms with E-state index in [2.05, 4.69) is 22.3 Å². The van der Waals surface area contributed by atoms with Gasteiger partial charge in [-0.25, -0.2) is 8.78 Å². The molecule has 2 aliphatic rings. The van der Waals surface area contributed by atoms with Crippen molar-refractivity contribution in [3.05, 3.63) is 41.6 Å². The highest BCUT2D eigenvalue weighted by Crippen LogP contribution is 2.33. The van der Waals surface area contributed by atoms with E-state index < -0.39 is 17.5 Å². The SMILES string of the molecule is C[C@H]1CCC[C@@H]1N1CC[C@@H](NC(=O)c2cc(-c3ccc(F)cc3F)on2)[C@H](C(=O)N(C)C)C1. The quantitative estimate of drug-likeness (QED) is 0.741. The highest BCUT2D eigenvalue weighted by atomic mass is 19.1. The third kappa shape index (κ3) is 4.93. The zero-order valence-corrected chi connectivity index (χ0v) is 19.2. The van der Waals surface area contributed by atoms with E-state index in [4.69, 9.17) is 4.52 Å². The smallest absolute Gasteiger partial charge is 0.273 e. The number of aromatic nitrogens is 1. The summed E-state index contributed by atoms with van der Waals surface area (Å²) in [6.07, 6.45) is 4.20. The van der Waals surface area contributed by atoms with Crippen LogP contribution < -0.4 is 5.32 Å². The third-order valence-electron chi connectivity index (χ3n) is 6.94. The molecule has 4 atom stereocenters. The standard InChI is InChI=1S/C24H30F2N4O3/c1-14-5-4-6-21(14)30-10-9-19(17(13-30)24(32)29(2)3)27-23(31)20-12-22(33-28-20)16-8-7-15(25)11-18(16)26/h7-8,11-12,14,17,19,21H,4-6,9-10,13H2,1-3H3,(H,27,31)/t14-,17+,19+,21-/m0/s1. The molecule has 33 heavy (non-hydrogen) atoms. The fourth-order valence-corrected chi connectivity index (χ4v) is 5.14. The van der Waals surface area contributed by atoms with Crippen molar-refractivity contribution in [2.75, 3.05) is 27.2 Å². The number of benzene rings is 1. The number of carbonyl (C=O) groups excluding carboxylic acids is 2. The van der Waals surface area contributed by atoms with Gasteiger partial charge in [-0.15, -0.1) is 0 Å². The maximum atomic E-state index is 14.1. The van der Waals surface area contributed by atoms with Gasteiger partial charge in [0.05, 0.1) is 11.5 Å². The molecule has 2 fully saturated rings. The molecule has 0 bridgehead atoms. The first-order valence-electron chi connectivity index (χ1n) is 11.4. The van der Waals surface area contributed by atoms with Gasteiger partial charge in [-0.1, -0.05) is 18.5 Å². The number of hydrogen-bond acceptors (Lipinski definition) is 5. The van der Waals surface area contributed by atoms with E-state index in [0.717, 1.165) is 25.1 Å². The first kappa shape index (κ1) is 23.4. The van der Waals surface area contributed by atoms with Crippen molar-refractivity contribution in [1.29, 1.82) is 0 Å². The lowest BCUT2D eigenvalue weighted by Gasteiger charge is -2.42. The van der Waals surface area contributed by atoms with Gasteiger partial charge in [0.15, 0.2) is 11.5 Å². The van der Waals surface area contributed by atoms with Gasteiger partial charge in [-0.05, 0) is 37.3 Å². The molecule has 2 heterocycles. The van der Waals surface area contributed by atoms with E-state index in [1.165, 1.54) is 25.0 Å². The lowest BCUT2D eigenvalue weighted by atomic mass is 9.88. The molecule has 1 saturated carbocycles. The van der Waals surface area contributed by atoms with Crippen molar-refractivity contribution in [2.45, 2.75) is 44.7 Å². The minimum absolute atomic E-state index is 0.0163. The number of hydrogen-bond donors (Lipinski definition) is 1. The van der Waals surface area contributed by atoms with Crippen LogP contribution in [-0.2, 0) is 4.79 Å². The summed E-state index contributed by atoms with van der Waals surface area (Å²) in [7, 11) is 3.44. The van der Waals surface area contributed by atoms with E-state index >= 15 is 0 Å². The molecule has 1 N–H and O–H groups in total. The van der Waals surface area contributed by atoms with Crippen LogP contribution in [0.4, 0.5) is 8.78 Å². The molecule has 1 saturated heterocycles. The Morgan fingerprint density at radius 2 is 1.97 bits per heavy atom. The van der Waals surface area contributed by atoms with Gasteiger partial charge >= 0.3 is 0 Å². The third-order valence-corrected chi connectivity index (χ3v) is 6.94. The van der Waals surface area contributed by atoms with Crippen molar-refractivity contribution >= 4 is 11.8 Å². The first-order chi connectivity index (χ1) is 15.7. The van der Waals surface area contributed by atoms with Gasteiger partial charge in [0.1, 0.15) is 11.6 Å². The van der Waals surface area contributed by atoms with E-state index in [9.17, 15) is 18.4 Å². The largest absolute Gasteiger partial charge is 0.355 e. The van der Waals surface area contributed by atoms with Crippen LogP contribution in [0.2, 0.25) is 0 Å². The van der Waals surface area contributed by atoms with Crippen LogP contribution in [0.3, 0.4) is 0 Å². The van der Waals surface area contributed by atoms with Crippen molar-refractivity contribution < 1.29 is 22.9 Å². The highest BCUT2D eigenvalue weighted by molar-refractivity contribution is 5.94. The van der Waals surface area contributed by atoms with Crippen LogP contribution >= 0.6 is 0 Å². The molecule has 0 unspecified atom stereocenters. The summed E-state index contributed by atoms with van der Waals surface area (Å²) < 4.78 is 32.4. The molecular formula is C24H30F2N4O3. The van der Waals surface area contributed by atoms with E-state index in [1.807, 2.05) is 0 Å². The summed E-state index contributed by atoms with van der Waals surface area (Å²) in [6, 6.07) is 4.54. The van der Waals surface area contributed by atoms with Crippen LogP contribution in [0.1, 0.15) is 43.1 Å². The molecule has 1 aromatic carbocycles. The number of nitrogens with one attached hydrogen (secondary N) is 1. The second-order valence-electron chi connectivity index (χ2n) is 9.38. The van der Waals surface area contributed by atoms with E-state index in [-0.39, 0.29) is 34.9 Å². The minimum Gasteiger partial charge on any atom is -0.355 e. The zero-order valence-electron chi connectivity index (χ0n) is 19.2. The molecule has 1 aromatic heterocycles. The molecule has 2 aromatic rings. The highest BCUT2D eigenvalue weighted by Gasteiger charge is 2.40. The van der Waals surface area contributed by atoms with Gasteiger partial charge in [0, 0.05) is 51.4 Å². The fraction of sp³-hybridized carbons (Fsp3) is 0.542. The Kier molecular flexibility index (Phi) is 6.78. The zero-order chi connectivity index (χ0) is 23.7. The summed E-state index contributed by atoms with van der Waals surface area (Å²) in [4.78, 5) is 29.8. The molecule has 9 heteroatoms. The Bertz CT molecular complexity index is 1020. The van der Waals surface area contributed by atoms with E-state index in [1.54, 1.807) is 19.0 Å². The van der Waals surface area contributed by atoms with Crippen molar-refractivity contribution in [1.82, 2.24) is 20.3 Å². The van der Waals surface area contributed by atoms with Gasteiger partial charge in [-0.2, -0.15) is 0 Å². The van der Waals surface area contributed by atoms with Crippen LogP contribution in [0.15, 0.2) is 28.8 Å². The predicted octanol–water partition coefficient (Wildman–Crippen LogP) is 3.32. The second-order valence-corrected chi connectivity index (χ2v) is 9.38. The van der Waals surface area contributed by atoms with Gasteiger partial charge in [0.2, 0.25) is 5.91 Å². The van der Waals surface area contributed by atoms with Crippen LogP contribution in [0.5, 0.6) is 0 Å². The van der Waals surface area contributed by atoms with Crippen molar-refractivity contribution in [3.63, 3.8) is 0 Å². The number of amides is 2. The molecule has 0 spiro atoms. The average Bonchev–Trinajstić information content (AvgIpc) is 3.43. The van der Waals surface area contributed by atoms with Crippen LogP contribution in [-0.4, -0.2) is 66.0 Å². The number of nitrogens with zero attached hydrogens (tertiary/aromatic N) is 3. The molecule has 2 amide bonds. The second kappa shape index (κ2) is 9.59. The van der Waals surface area contributed by atoms with Crippen molar-refractivity contribution in [3.8, 4) is 11.3 Å². The number of rotatable bonds is 5. The Morgan fingerprint density at radius 1 is 1.18 bits per heavy atom. The lowest BCUT2D eigenvalue weighted by molar-refractivity contribution is -0.136. The molecule has 178 valence electrons. The molecule has 0 radical (unpaired) electrons. The number of carbonyl (C=O) groups is 2. The summed E-state index contributed by atoms with van der Waals surface area (Å²) >= 11 is 0. The normalized spacial score (nSPS) is 25.7. The summed E-state index contributed by atoms with van der Waals surface area (Å²) in [5.41, 5.74) is -0.000717. The van der Waals surface area contributed by atoms with Crippen molar-refractivity contribution in [2.24, 2.45) is 11.8 Å². The van der Waals surface area contributed by atoms with Gasteiger partial charge in [-0.3, -0.25) is 14.5 Å². The summed E-state index contributed by atoms with van der Waals surface area (Å²) in [5, 5.41) is 6.70. The van der Waals surface area contributed by atoms with Gasteiger partial charge in [0.25, 0.3) is 5.91 Å². The maximum absolute atomic E-state index is 14.1. The lowest BCUT2D eigenvalue weighted by Crippen LogP contribution is -2.57. The Morgan fingerprint density at radius 3 is 2.64 bits per heavy atom. The van der Waals surface area contributed by atoms with Gasteiger partial charge < -0.3 is 14.7 Å². The minimum atomic E-state index is -0.803. The number of piperidine rings is 1.